The largest absolute Gasteiger partial charge is 0.418 e. The van der Waals surface area contributed by atoms with Crippen molar-refractivity contribution < 1.29 is 92.6 Å². The van der Waals surface area contributed by atoms with Crippen LogP contribution in [-0.2, 0) is 54.8 Å². The molecule has 0 unspecified atom stereocenters. The number of H-pyrrole nitrogens is 2. The van der Waals surface area contributed by atoms with E-state index in [9.17, 15) is 92.6 Å². The van der Waals surface area contributed by atoms with Gasteiger partial charge < -0.3 is 25.5 Å². The summed E-state index contributed by atoms with van der Waals surface area (Å²) in [7, 11) is 1.67. The summed E-state index contributed by atoms with van der Waals surface area (Å²) >= 11 is 0. The highest BCUT2D eigenvalue weighted by atomic mass is 19.4. The monoisotopic (exact) mass is 1060 g/mol. The number of piperazine rings is 1. The quantitative estimate of drug-likeness (QED) is 0.121. The zero-order chi connectivity index (χ0) is 53.7. The number of amides is 1. The Morgan fingerprint density at radius 3 is 1.65 bits per heavy atom. The number of rotatable bonds is 7. The molecule has 8 rings (SSSR count). The van der Waals surface area contributed by atoms with Crippen LogP contribution in [-0.4, -0.2) is 87.9 Å². The maximum atomic E-state index is 13.2. The summed E-state index contributed by atoms with van der Waals surface area (Å²) in [5.41, 5.74) is -11.2. The Labute approximate surface area is 390 Å². The predicted octanol–water partition coefficient (Wildman–Crippen LogP) is 11.6. The lowest BCUT2D eigenvalue weighted by Crippen LogP contribution is -2.47. The number of nitrogens with one attached hydrogen (secondary N) is 4. The zero-order valence-electron chi connectivity index (χ0n) is 36.4. The van der Waals surface area contributed by atoms with E-state index in [-0.39, 0.29) is 84.2 Å². The smallest absolute Gasteiger partial charge is 0.340 e. The number of fused-ring (bicyclic) bond motifs is 3. The Kier molecular flexibility index (Phi) is 15.0. The van der Waals surface area contributed by atoms with Gasteiger partial charge in [-0.15, -0.1) is 0 Å². The topological polar surface area (TPSA) is 126 Å². The molecular formula is C42H33F20N9O. The summed E-state index contributed by atoms with van der Waals surface area (Å²) in [6.07, 6.45) is -28.4. The summed E-state index contributed by atoms with van der Waals surface area (Å²) in [6.45, 7) is 1.65. The number of allylic oxidation sites excluding steroid dienone is 1. The number of hydrogen-bond acceptors (Lipinski definition) is 7. The Hall–Kier alpha value is -6.33. The number of hydrogen-bond donors (Lipinski definition) is 4. The second-order valence-corrected chi connectivity index (χ2v) is 16.1. The maximum absolute atomic E-state index is 13.2. The molecule has 0 saturated carbocycles. The first-order chi connectivity index (χ1) is 32.9. The van der Waals surface area contributed by atoms with Crippen molar-refractivity contribution in [3.63, 3.8) is 0 Å². The average molecular weight is 1060 g/mol. The number of aromatic nitrogens is 4. The van der Waals surface area contributed by atoms with Crippen molar-refractivity contribution in [2.45, 2.75) is 69.3 Å². The Bertz CT molecular complexity index is 2920. The molecule has 0 bridgehead atoms. The van der Waals surface area contributed by atoms with Gasteiger partial charge in [0.05, 0.1) is 69.7 Å². The molecule has 10 nitrogen and oxygen atoms in total. The molecule has 1 amide bonds. The van der Waals surface area contributed by atoms with E-state index >= 15 is 0 Å². The van der Waals surface area contributed by atoms with Crippen LogP contribution in [0, 0.1) is 0 Å². The van der Waals surface area contributed by atoms with Crippen LogP contribution in [0.4, 0.5) is 93.5 Å². The summed E-state index contributed by atoms with van der Waals surface area (Å²) in [5, 5.41) is 5.65. The molecule has 3 aliphatic heterocycles. The van der Waals surface area contributed by atoms with Crippen molar-refractivity contribution in [2.24, 2.45) is 9.98 Å². The molecule has 1 fully saturated rings. The van der Waals surface area contributed by atoms with E-state index in [2.05, 4.69) is 40.6 Å². The van der Waals surface area contributed by atoms with Gasteiger partial charge in [-0.25, -0.2) is 9.97 Å². The van der Waals surface area contributed by atoms with Crippen LogP contribution >= 0.6 is 0 Å². The number of halogens is 20. The molecule has 3 aromatic carbocycles. The molecular weight excluding hydrogens is 1030 g/mol. The molecule has 3 aliphatic rings. The highest BCUT2D eigenvalue weighted by Crippen LogP contribution is 2.45. The number of benzene rings is 3. The number of aliphatic imine (C=N–C) groups is 2. The van der Waals surface area contributed by atoms with E-state index in [0.29, 0.717) is 56.9 Å². The maximum Gasteiger partial charge on any atom is 0.418 e. The van der Waals surface area contributed by atoms with Gasteiger partial charge in [-0.2, -0.15) is 87.8 Å². The van der Waals surface area contributed by atoms with E-state index in [4.69, 9.17) is 0 Å². The van der Waals surface area contributed by atoms with Crippen molar-refractivity contribution in [1.82, 2.24) is 35.5 Å². The van der Waals surface area contributed by atoms with Crippen molar-refractivity contribution >= 4 is 50.7 Å². The number of aromatic amines is 2. The third-order valence-corrected chi connectivity index (χ3v) is 10.7. The van der Waals surface area contributed by atoms with Crippen LogP contribution < -0.4 is 10.6 Å². The molecule has 5 heterocycles. The minimum Gasteiger partial charge on any atom is -0.340 e. The lowest BCUT2D eigenvalue weighted by atomic mass is 9.98. The molecule has 392 valence electrons. The van der Waals surface area contributed by atoms with Crippen LogP contribution in [0.15, 0.2) is 52.5 Å². The van der Waals surface area contributed by atoms with Crippen LogP contribution in [0.2, 0.25) is 0 Å². The molecule has 0 atom stereocenters. The Balaban J connectivity index is 0.000000178. The second-order valence-electron chi connectivity index (χ2n) is 16.1. The number of carbonyl (C=O) groups is 1. The van der Waals surface area contributed by atoms with Crippen molar-refractivity contribution in [3.05, 3.63) is 93.1 Å². The highest BCUT2D eigenvalue weighted by molar-refractivity contribution is 6.08. The molecule has 1 saturated heterocycles. The standard InChI is InChI=1S/C15H9F8N3.C14H12F6N4O.C13H12F6N2/c1-13(16,17)10-2-6(5-24-10)12-25-9-4-7(14(18,19)20)3-8(11(9)26-12)15(21,22)23;15-13(16,17)7-3-8(14(18,19)20)12-9(4-7)22-10(23-12)6-24-2-1-21-5-11(24)25;1-20-3-2-8-6-9-10(13(17,18)19)4-7(12(14,15)16)5-11(9)21-8/h2-4H,5H2,1H3,(H,25,26);3-4,21H,1-2,5-6H2,(H,22,23);4-5,20H,2-3,6H2,1H3. The first-order valence-electron chi connectivity index (χ1n) is 20.4. The van der Waals surface area contributed by atoms with E-state index in [0.717, 1.165) is 6.08 Å². The Morgan fingerprint density at radius 1 is 0.653 bits per heavy atom. The first-order valence-corrected chi connectivity index (χ1v) is 20.4. The normalized spacial score (nSPS) is 16.1. The van der Waals surface area contributed by atoms with Gasteiger partial charge in [0.25, 0.3) is 5.92 Å². The van der Waals surface area contributed by atoms with E-state index in [1.165, 1.54) is 4.90 Å². The fourth-order valence-corrected chi connectivity index (χ4v) is 7.29. The van der Waals surface area contributed by atoms with Crippen molar-refractivity contribution in [1.29, 1.82) is 0 Å². The van der Waals surface area contributed by atoms with Gasteiger partial charge in [0.1, 0.15) is 28.4 Å². The van der Waals surface area contributed by atoms with Crippen LogP contribution in [0.1, 0.15) is 63.9 Å². The zero-order valence-corrected chi connectivity index (χ0v) is 36.4. The Morgan fingerprint density at radius 2 is 1.17 bits per heavy atom. The summed E-state index contributed by atoms with van der Waals surface area (Å²) in [5.74, 6) is -3.77. The fourth-order valence-electron chi connectivity index (χ4n) is 7.29. The molecule has 72 heavy (non-hydrogen) atoms. The first kappa shape index (κ1) is 55.0. The van der Waals surface area contributed by atoms with Gasteiger partial charge >= 0.3 is 37.1 Å². The number of nitrogens with zero attached hydrogens (tertiary/aromatic N) is 5. The van der Waals surface area contributed by atoms with Crippen LogP contribution in [0.3, 0.4) is 0 Å². The minimum absolute atomic E-state index is 0.00456. The predicted molar refractivity (Wildman–Crippen MR) is 217 cm³/mol. The van der Waals surface area contributed by atoms with Gasteiger partial charge in [-0.3, -0.25) is 14.8 Å². The SMILES string of the molecule is CC(F)(F)C1=NCC(c2nc3c(C(F)(F)F)cc(C(F)(F)F)cc3[nH]2)=C1.CNCCC1=Nc2cc(C(F)(F)F)cc(C(F)(F)F)c2C1.O=C1CNCCN1Cc1nc2c(C(F)(F)F)cc(C(F)(F)F)cc2[nH]1. The lowest BCUT2D eigenvalue weighted by Gasteiger charge is -2.26. The molecule has 0 spiro atoms. The third-order valence-electron chi connectivity index (χ3n) is 10.7. The molecule has 0 radical (unpaired) electrons. The van der Waals surface area contributed by atoms with Gasteiger partial charge in [0, 0.05) is 44.3 Å². The molecule has 30 heteroatoms. The van der Waals surface area contributed by atoms with Gasteiger partial charge in [-0.1, -0.05) is 0 Å². The number of carbonyl (C=O) groups excluding carboxylic acids is 1. The molecule has 0 aliphatic carbocycles. The number of alkyl halides is 20. The van der Waals surface area contributed by atoms with Crippen molar-refractivity contribution in [3.8, 4) is 0 Å². The summed E-state index contributed by atoms with van der Waals surface area (Å²) in [6, 6.07) is 1.93. The lowest BCUT2D eigenvalue weighted by molar-refractivity contribution is -0.144. The number of imidazole rings is 2. The van der Waals surface area contributed by atoms with Crippen molar-refractivity contribution in [2.75, 3.05) is 39.8 Å². The van der Waals surface area contributed by atoms with Crippen LogP contribution in [0.5, 0.6) is 0 Å². The van der Waals surface area contributed by atoms with Gasteiger partial charge in [0.2, 0.25) is 5.91 Å². The minimum atomic E-state index is -5.08. The second kappa shape index (κ2) is 19.6. The van der Waals surface area contributed by atoms with E-state index in [1.54, 1.807) is 7.05 Å². The molecule has 4 N–H and O–H groups in total. The van der Waals surface area contributed by atoms with Gasteiger partial charge in [-0.05, 0) is 61.5 Å². The third kappa shape index (κ3) is 12.8. The molecule has 5 aromatic rings. The van der Waals surface area contributed by atoms with E-state index in [1.807, 2.05) is 0 Å². The molecule has 2 aromatic heterocycles. The highest BCUT2D eigenvalue weighted by Gasteiger charge is 2.43. The average Bonchev–Trinajstić information content (AvgIpc) is 4.06. The fraction of sp³-hybridized carbons (Fsp3) is 0.405. The van der Waals surface area contributed by atoms with Gasteiger partial charge in [0.15, 0.2) is 0 Å². The van der Waals surface area contributed by atoms with E-state index < -0.39 is 98.6 Å². The summed E-state index contributed by atoms with van der Waals surface area (Å²) in [4.78, 5) is 32.8. The summed E-state index contributed by atoms with van der Waals surface area (Å²) < 4.78 is 259. The van der Waals surface area contributed by atoms with Crippen LogP contribution in [0.25, 0.3) is 27.6 Å².